The summed E-state index contributed by atoms with van der Waals surface area (Å²) in [5.74, 6) is -0.233. The number of nitrogens with one attached hydrogen (secondary N) is 1. The van der Waals surface area contributed by atoms with Gasteiger partial charge in [0.1, 0.15) is 11.5 Å². The lowest BCUT2D eigenvalue weighted by Gasteiger charge is -2.14. The molecule has 0 bridgehead atoms. The Balaban J connectivity index is 2.87. The highest BCUT2D eigenvalue weighted by Gasteiger charge is 2.30. The van der Waals surface area contributed by atoms with Crippen molar-refractivity contribution < 1.29 is 22.6 Å². The van der Waals surface area contributed by atoms with Crippen LogP contribution in [0.4, 0.5) is 18.9 Å². The van der Waals surface area contributed by atoms with E-state index in [1.165, 1.54) is 13.2 Å². The van der Waals surface area contributed by atoms with Gasteiger partial charge < -0.3 is 15.2 Å². The van der Waals surface area contributed by atoms with Crippen molar-refractivity contribution in [3.63, 3.8) is 0 Å². The van der Waals surface area contributed by atoms with E-state index in [9.17, 15) is 13.2 Å². The van der Waals surface area contributed by atoms with E-state index in [2.05, 4.69) is 4.74 Å². The van der Waals surface area contributed by atoms with Crippen LogP contribution in [-0.2, 0) is 0 Å². The van der Waals surface area contributed by atoms with E-state index in [-0.39, 0.29) is 11.4 Å². The lowest BCUT2D eigenvalue weighted by Crippen LogP contribution is -2.16. The number of hydrogen-bond donors (Lipinski definition) is 0. The zero-order valence-electron chi connectivity index (χ0n) is 7.18. The van der Waals surface area contributed by atoms with Crippen molar-refractivity contribution >= 4 is 5.69 Å². The molecule has 0 aliphatic rings. The molecule has 3 nitrogen and oxygen atoms in total. The van der Waals surface area contributed by atoms with Crippen molar-refractivity contribution in [3.8, 4) is 11.5 Å². The Kier molecular flexibility index (Phi) is 2.73. The van der Waals surface area contributed by atoms with Crippen LogP contribution in [0.2, 0.25) is 0 Å². The van der Waals surface area contributed by atoms with Gasteiger partial charge in [0.25, 0.3) is 0 Å². The highest BCUT2D eigenvalue weighted by molar-refractivity contribution is 5.59. The molecule has 1 aromatic rings. The van der Waals surface area contributed by atoms with Gasteiger partial charge in [-0.3, -0.25) is 0 Å². The molecule has 78 valence electrons. The summed E-state index contributed by atoms with van der Waals surface area (Å²) < 4.78 is 43.5. The Hall–Kier alpha value is -1.59. The molecular formula is C8H7F3NO2-. The molecule has 0 spiro atoms. The number of hydrogen-bond acceptors (Lipinski definition) is 2. The van der Waals surface area contributed by atoms with Gasteiger partial charge in [-0.15, -0.1) is 13.2 Å². The van der Waals surface area contributed by atoms with Crippen LogP contribution in [0.25, 0.3) is 5.73 Å². The highest BCUT2D eigenvalue weighted by Crippen LogP contribution is 2.32. The summed E-state index contributed by atoms with van der Waals surface area (Å²) in [6.45, 7) is 0. The summed E-state index contributed by atoms with van der Waals surface area (Å²) in [7, 11) is 1.33. The quantitative estimate of drug-likeness (QED) is 0.745. The van der Waals surface area contributed by atoms with Crippen molar-refractivity contribution in [1.82, 2.24) is 0 Å². The minimum absolute atomic E-state index is 0.158. The standard InChI is InChI=1S/C8H7F3NO2/c1-13-7-3-2-5(4-6(7)12)14-8(9,10)11/h2-4,12H,1H3/q-1. The van der Waals surface area contributed by atoms with Gasteiger partial charge >= 0.3 is 6.36 Å². The van der Waals surface area contributed by atoms with E-state index in [1.54, 1.807) is 0 Å². The molecular weight excluding hydrogens is 199 g/mol. The predicted octanol–water partition coefficient (Wildman–Crippen LogP) is 3.28. The van der Waals surface area contributed by atoms with Gasteiger partial charge in [0, 0.05) is 0 Å². The van der Waals surface area contributed by atoms with Gasteiger partial charge in [0.2, 0.25) is 0 Å². The molecule has 0 heterocycles. The summed E-state index contributed by atoms with van der Waals surface area (Å²) in [6.07, 6.45) is -4.74. The van der Waals surface area contributed by atoms with Crippen LogP contribution in [0.3, 0.4) is 0 Å². The fourth-order valence-electron chi connectivity index (χ4n) is 0.884. The largest absolute Gasteiger partial charge is 0.696 e. The van der Waals surface area contributed by atoms with E-state index < -0.39 is 12.1 Å². The Labute approximate surface area is 78.2 Å². The Morgan fingerprint density at radius 3 is 2.36 bits per heavy atom. The summed E-state index contributed by atoms with van der Waals surface area (Å²) in [5.41, 5.74) is 7.09. The molecule has 0 radical (unpaired) electrons. The Bertz CT molecular complexity index is 325. The molecule has 0 unspecified atom stereocenters. The first-order chi connectivity index (χ1) is 6.42. The van der Waals surface area contributed by atoms with Crippen LogP contribution in [-0.4, -0.2) is 13.5 Å². The zero-order chi connectivity index (χ0) is 10.8. The summed E-state index contributed by atoms with van der Waals surface area (Å²) >= 11 is 0. The number of ether oxygens (including phenoxy) is 2. The van der Waals surface area contributed by atoms with Crippen molar-refractivity contribution in [2.45, 2.75) is 6.36 Å². The molecule has 1 rings (SSSR count). The Morgan fingerprint density at radius 1 is 1.29 bits per heavy atom. The second-order valence-corrected chi connectivity index (χ2v) is 2.41. The van der Waals surface area contributed by atoms with Crippen LogP contribution in [0.1, 0.15) is 0 Å². The molecule has 1 aromatic carbocycles. The number of benzene rings is 1. The minimum Gasteiger partial charge on any atom is -0.696 e. The van der Waals surface area contributed by atoms with Gasteiger partial charge in [-0.25, -0.2) is 0 Å². The van der Waals surface area contributed by atoms with E-state index >= 15 is 0 Å². The molecule has 0 saturated heterocycles. The van der Waals surface area contributed by atoms with Crippen LogP contribution in [0.15, 0.2) is 18.2 Å². The molecule has 6 heteroatoms. The number of alkyl halides is 3. The number of halogens is 3. The molecule has 14 heavy (non-hydrogen) atoms. The predicted molar refractivity (Wildman–Crippen MR) is 43.7 cm³/mol. The zero-order valence-corrected chi connectivity index (χ0v) is 7.18. The fourth-order valence-corrected chi connectivity index (χ4v) is 0.884. The van der Waals surface area contributed by atoms with Crippen molar-refractivity contribution in [1.29, 1.82) is 0 Å². The minimum atomic E-state index is -4.74. The first kappa shape index (κ1) is 10.5. The third-order valence-electron chi connectivity index (χ3n) is 1.40. The van der Waals surface area contributed by atoms with E-state index in [1.807, 2.05) is 0 Å². The van der Waals surface area contributed by atoms with E-state index in [0.717, 1.165) is 12.1 Å². The lowest BCUT2D eigenvalue weighted by atomic mass is 10.3. The van der Waals surface area contributed by atoms with Crippen molar-refractivity contribution in [2.24, 2.45) is 0 Å². The summed E-state index contributed by atoms with van der Waals surface area (Å²) in [5, 5.41) is 0. The smallest absolute Gasteiger partial charge is 0.573 e. The van der Waals surface area contributed by atoms with Gasteiger partial charge in [0.05, 0.1) is 7.11 Å². The summed E-state index contributed by atoms with van der Waals surface area (Å²) in [4.78, 5) is 0. The van der Waals surface area contributed by atoms with Gasteiger partial charge in [-0.1, -0.05) is 5.69 Å². The van der Waals surface area contributed by atoms with Crippen LogP contribution < -0.4 is 9.47 Å². The molecule has 1 N–H and O–H groups in total. The average molecular weight is 206 g/mol. The lowest BCUT2D eigenvalue weighted by molar-refractivity contribution is -0.274. The maximum absolute atomic E-state index is 11.7. The maximum atomic E-state index is 11.7. The topological polar surface area (TPSA) is 42.3 Å². The first-order valence-electron chi connectivity index (χ1n) is 3.58. The first-order valence-corrected chi connectivity index (χ1v) is 3.58. The van der Waals surface area contributed by atoms with Crippen LogP contribution in [0, 0.1) is 0 Å². The van der Waals surface area contributed by atoms with Gasteiger partial charge in [-0.2, -0.15) is 0 Å². The van der Waals surface area contributed by atoms with Crippen molar-refractivity contribution in [3.05, 3.63) is 23.9 Å². The van der Waals surface area contributed by atoms with Gasteiger partial charge in [0.15, 0.2) is 0 Å². The molecule has 0 aliphatic carbocycles. The van der Waals surface area contributed by atoms with Crippen molar-refractivity contribution in [2.75, 3.05) is 7.11 Å². The Morgan fingerprint density at radius 2 is 1.93 bits per heavy atom. The highest BCUT2D eigenvalue weighted by atomic mass is 19.4. The molecule has 0 atom stereocenters. The molecule has 0 fully saturated rings. The fraction of sp³-hybridized carbons (Fsp3) is 0.250. The third-order valence-corrected chi connectivity index (χ3v) is 1.40. The monoisotopic (exact) mass is 206 g/mol. The summed E-state index contributed by atoms with van der Waals surface area (Å²) in [6, 6.07) is 3.26. The van der Waals surface area contributed by atoms with Crippen LogP contribution >= 0.6 is 0 Å². The maximum Gasteiger partial charge on any atom is 0.573 e. The normalized spacial score (nSPS) is 11.1. The van der Waals surface area contributed by atoms with E-state index in [4.69, 9.17) is 10.5 Å². The third kappa shape index (κ3) is 2.72. The molecule has 0 saturated carbocycles. The second-order valence-electron chi connectivity index (χ2n) is 2.41. The van der Waals surface area contributed by atoms with E-state index in [0.29, 0.717) is 0 Å². The second kappa shape index (κ2) is 3.65. The average Bonchev–Trinajstić information content (AvgIpc) is 2.01. The SMILES string of the molecule is COc1ccc(OC(F)(F)F)cc1[NH-]. The van der Waals surface area contributed by atoms with Gasteiger partial charge in [-0.05, 0) is 18.2 Å². The number of methoxy groups -OCH3 is 1. The molecule has 0 aromatic heterocycles. The molecule has 0 aliphatic heterocycles. The number of rotatable bonds is 2. The molecule has 0 amide bonds. The van der Waals surface area contributed by atoms with Crippen LogP contribution in [0.5, 0.6) is 11.5 Å².